The Labute approximate surface area is 151 Å². The summed E-state index contributed by atoms with van der Waals surface area (Å²) in [4.78, 5) is 15.2. The first kappa shape index (κ1) is 16.3. The number of aryl methyl sites for hydroxylation is 1. The van der Waals surface area contributed by atoms with E-state index in [2.05, 4.69) is 22.3 Å². The second kappa shape index (κ2) is 6.63. The Kier molecular flexibility index (Phi) is 4.16. The van der Waals surface area contributed by atoms with Crippen LogP contribution < -0.4 is 4.90 Å². The third kappa shape index (κ3) is 2.94. The molecule has 132 valence electrons. The molecule has 1 aromatic heterocycles. The number of hydrogen-bond donors (Lipinski definition) is 1. The van der Waals surface area contributed by atoms with E-state index in [0.29, 0.717) is 11.7 Å². The van der Waals surface area contributed by atoms with E-state index < -0.39 is 5.97 Å². The molecule has 1 aliphatic rings. The molecule has 6 nitrogen and oxygen atoms in total. The van der Waals surface area contributed by atoms with Crippen LogP contribution in [-0.2, 0) is 0 Å². The van der Waals surface area contributed by atoms with Crippen molar-refractivity contribution < 1.29 is 9.90 Å². The molecule has 0 bridgehead atoms. The number of benzene rings is 2. The van der Waals surface area contributed by atoms with Gasteiger partial charge in [-0.05, 0) is 30.5 Å². The van der Waals surface area contributed by atoms with Gasteiger partial charge in [-0.3, -0.25) is 0 Å². The third-order valence-corrected chi connectivity index (χ3v) is 4.89. The fourth-order valence-electron chi connectivity index (χ4n) is 3.50. The molecule has 1 aliphatic heterocycles. The highest BCUT2D eigenvalue weighted by molar-refractivity contribution is 5.91. The second-order valence-electron chi connectivity index (χ2n) is 6.60. The molecule has 0 aliphatic carbocycles. The zero-order valence-corrected chi connectivity index (χ0v) is 14.5. The van der Waals surface area contributed by atoms with Crippen LogP contribution in [0.15, 0.2) is 54.6 Å². The molecule has 3 aromatic rings. The van der Waals surface area contributed by atoms with Crippen LogP contribution in [0.25, 0.3) is 5.69 Å². The summed E-state index contributed by atoms with van der Waals surface area (Å²) in [5.41, 5.74) is 3.06. The summed E-state index contributed by atoms with van der Waals surface area (Å²) >= 11 is 0. The van der Waals surface area contributed by atoms with E-state index in [1.165, 1.54) is 10.4 Å². The lowest BCUT2D eigenvalue weighted by Gasteiger charge is -2.16. The van der Waals surface area contributed by atoms with E-state index in [-0.39, 0.29) is 5.69 Å². The molecular weight excluding hydrogens is 328 g/mol. The average molecular weight is 348 g/mol. The molecule has 4 rings (SSSR count). The molecule has 26 heavy (non-hydrogen) atoms. The van der Waals surface area contributed by atoms with E-state index in [9.17, 15) is 9.90 Å². The highest BCUT2D eigenvalue weighted by Gasteiger charge is 2.30. The maximum atomic E-state index is 11.7. The highest BCUT2D eigenvalue weighted by atomic mass is 16.4. The number of rotatable bonds is 4. The van der Waals surface area contributed by atoms with Gasteiger partial charge in [-0.25, -0.2) is 4.79 Å². The summed E-state index contributed by atoms with van der Waals surface area (Å²) in [5, 5.41) is 18.4. The van der Waals surface area contributed by atoms with Crippen LogP contribution in [0, 0.1) is 6.92 Å². The number of para-hydroxylation sites is 1. The Hall–Kier alpha value is -3.15. The van der Waals surface area contributed by atoms with Gasteiger partial charge >= 0.3 is 5.97 Å². The van der Waals surface area contributed by atoms with Crippen molar-refractivity contribution in [2.24, 2.45) is 0 Å². The number of carboxylic acids is 1. The molecule has 1 atom stereocenters. The molecule has 2 aromatic carbocycles. The van der Waals surface area contributed by atoms with Crippen molar-refractivity contribution in [1.82, 2.24) is 15.0 Å². The summed E-state index contributed by atoms with van der Waals surface area (Å²) in [6, 6.07) is 18.0. The smallest absolute Gasteiger partial charge is 0.360 e. The van der Waals surface area contributed by atoms with Gasteiger partial charge in [0.1, 0.15) is 0 Å². The first-order chi connectivity index (χ1) is 12.6. The van der Waals surface area contributed by atoms with Crippen molar-refractivity contribution in [3.8, 4) is 5.69 Å². The van der Waals surface area contributed by atoms with Crippen molar-refractivity contribution in [1.29, 1.82) is 0 Å². The van der Waals surface area contributed by atoms with Gasteiger partial charge in [0.05, 0.1) is 5.69 Å². The van der Waals surface area contributed by atoms with E-state index >= 15 is 0 Å². The molecule has 1 fully saturated rings. The standard InChI is InChI=1S/C20H20N4O2/c1-14-7-5-6-10-17(14)24-21-18(20(25)26)19(22-24)23-12-11-16(13-23)15-8-3-2-4-9-15/h2-10,16H,11-13H2,1H3,(H,25,26)/t16-/m1/s1. The van der Waals surface area contributed by atoms with Gasteiger partial charge in [0.2, 0.25) is 5.69 Å². The molecule has 1 saturated heterocycles. The van der Waals surface area contributed by atoms with E-state index in [0.717, 1.165) is 30.8 Å². The highest BCUT2D eigenvalue weighted by Crippen LogP contribution is 2.31. The number of anilines is 1. The number of aromatic nitrogens is 3. The predicted molar refractivity (Wildman–Crippen MR) is 99.1 cm³/mol. The van der Waals surface area contributed by atoms with E-state index in [1.54, 1.807) is 0 Å². The summed E-state index contributed by atoms with van der Waals surface area (Å²) in [7, 11) is 0. The van der Waals surface area contributed by atoms with Gasteiger partial charge in [0, 0.05) is 19.0 Å². The van der Waals surface area contributed by atoms with Gasteiger partial charge in [-0.1, -0.05) is 48.5 Å². The van der Waals surface area contributed by atoms with Crippen molar-refractivity contribution in [2.75, 3.05) is 18.0 Å². The number of hydrogen-bond acceptors (Lipinski definition) is 4. The molecule has 0 spiro atoms. The van der Waals surface area contributed by atoms with Crippen molar-refractivity contribution in [3.05, 3.63) is 71.4 Å². The fraction of sp³-hybridized carbons (Fsp3) is 0.250. The maximum absolute atomic E-state index is 11.7. The van der Waals surface area contributed by atoms with Crippen LogP contribution in [0.1, 0.15) is 34.0 Å². The zero-order chi connectivity index (χ0) is 18.1. The lowest BCUT2D eigenvalue weighted by Crippen LogP contribution is -2.22. The zero-order valence-electron chi connectivity index (χ0n) is 14.5. The first-order valence-electron chi connectivity index (χ1n) is 8.70. The van der Waals surface area contributed by atoms with Gasteiger partial charge in [-0.2, -0.15) is 0 Å². The number of aromatic carboxylic acids is 1. The van der Waals surface area contributed by atoms with Gasteiger partial charge < -0.3 is 10.0 Å². The van der Waals surface area contributed by atoms with Gasteiger partial charge in [0.25, 0.3) is 0 Å². The second-order valence-corrected chi connectivity index (χ2v) is 6.60. The summed E-state index contributed by atoms with van der Waals surface area (Å²) in [6.07, 6.45) is 0.973. The Morgan fingerprint density at radius 2 is 1.81 bits per heavy atom. The van der Waals surface area contributed by atoms with Crippen LogP contribution in [0.5, 0.6) is 0 Å². The van der Waals surface area contributed by atoms with Crippen molar-refractivity contribution >= 4 is 11.8 Å². The van der Waals surface area contributed by atoms with E-state index in [4.69, 9.17) is 0 Å². The Morgan fingerprint density at radius 3 is 2.54 bits per heavy atom. The van der Waals surface area contributed by atoms with E-state index in [1.807, 2.05) is 54.3 Å². The molecule has 0 saturated carbocycles. The van der Waals surface area contributed by atoms with Crippen LogP contribution in [-0.4, -0.2) is 39.2 Å². The number of nitrogens with zero attached hydrogens (tertiary/aromatic N) is 4. The Balaban J connectivity index is 1.66. The fourth-order valence-corrected chi connectivity index (χ4v) is 3.50. The first-order valence-corrected chi connectivity index (χ1v) is 8.70. The molecule has 0 unspecified atom stereocenters. The van der Waals surface area contributed by atoms with Crippen LogP contribution >= 0.6 is 0 Å². The van der Waals surface area contributed by atoms with Crippen LogP contribution in [0.4, 0.5) is 5.82 Å². The molecule has 0 radical (unpaired) electrons. The predicted octanol–water partition coefficient (Wildman–Crippen LogP) is 3.27. The molecular formula is C20H20N4O2. The quantitative estimate of drug-likeness (QED) is 0.783. The van der Waals surface area contributed by atoms with Crippen LogP contribution in [0.3, 0.4) is 0 Å². The molecule has 1 N–H and O–H groups in total. The SMILES string of the molecule is Cc1ccccc1-n1nc(C(=O)O)c(N2CC[C@@H](c3ccccc3)C2)n1. The average Bonchev–Trinajstić information content (AvgIpc) is 3.30. The van der Waals surface area contributed by atoms with Crippen molar-refractivity contribution in [2.45, 2.75) is 19.3 Å². The largest absolute Gasteiger partial charge is 0.476 e. The van der Waals surface area contributed by atoms with Crippen molar-refractivity contribution in [3.63, 3.8) is 0 Å². The lowest BCUT2D eigenvalue weighted by molar-refractivity contribution is 0.0690. The summed E-state index contributed by atoms with van der Waals surface area (Å²) in [6.45, 7) is 3.48. The molecule has 6 heteroatoms. The minimum Gasteiger partial charge on any atom is -0.476 e. The van der Waals surface area contributed by atoms with Gasteiger partial charge in [-0.15, -0.1) is 15.0 Å². The topological polar surface area (TPSA) is 71.2 Å². The normalized spacial score (nSPS) is 16.8. The third-order valence-electron chi connectivity index (χ3n) is 4.89. The Morgan fingerprint density at radius 1 is 1.08 bits per heavy atom. The monoisotopic (exact) mass is 348 g/mol. The maximum Gasteiger partial charge on any atom is 0.360 e. The van der Waals surface area contributed by atoms with Crippen LogP contribution in [0.2, 0.25) is 0 Å². The summed E-state index contributed by atoms with van der Waals surface area (Å²) in [5.74, 6) is -0.233. The molecule has 0 amide bonds. The Bertz CT molecular complexity index is 936. The summed E-state index contributed by atoms with van der Waals surface area (Å²) < 4.78 is 0. The molecule has 2 heterocycles. The number of carbonyl (C=O) groups is 1. The number of carboxylic acid groups (broad SMARTS) is 1. The minimum atomic E-state index is -1.05. The lowest BCUT2D eigenvalue weighted by atomic mass is 9.99. The van der Waals surface area contributed by atoms with Gasteiger partial charge in [0.15, 0.2) is 5.82 Å². The minimum absolute atomic E-state index is 0.00182.